The summed E-state index contributed by atoms with van der Waals surface area (Å²) in [6, 6.07) is 0. The summed E-state index contributed by atoms with van der Waals surface area (Å²) in [5, 5.41) is 15.8. The number of ether oxygens (including phenoxy) is 2. The molecule has 138 valence electrons. The number of hydrogen-bond donors (Lipinski definition) is 3. The average molecular weight is 443 g/mol. The molecule has 1 aliphatic heterocycles. The van der Waals surface area contributed by atoms with Gasteiger partial charge >= 0.3 is 0 Å². The molecule has 1 aliphatic rings. The molecule has 0 spiro atoms. The van der Waals surface area contributed by atoms with E-state index < -0.39 is 0 Å². The third kappa shape index (κ3) is 9.69. The van der Waals surface area contributed by atoms with Gasteiger partial charge in [-0.2, -0.15) is 0 Å². The minimum absolute atomic E-state index is 0. The number of guanidine groups is 1. The molecule has 0 aromatic carbocycles. The molecule has 0 aromatic rings. The molecular weight excluding hydrogens is 409 g/mol. The molecule has 0 bridgehead atoms. The maximum atomic E-state index is 9.23. The van der Waals surface area contributed by atoms with Crippen LogP contribution >= 0.6 is 24.0 Å². The third-order valence-electron chi connectivity index (χ3n) is 4.06. The van der Waals surface area contributed by atoms with Gasteiger partial charge in [-0.3, -0.25) is 4.99 Å². The first-order valence-corrected chi connectivity index (χ1v) is 8.33. The Balaban J connectivity index is 0.00000484. The number of halogens is 1. The van der Waals surface area contributed by atoms with E-state index in [1.54, 1.807) is 7.05 Å². The molecule has 0 aromatic heterocycles. The number of hydrogen-bond acceptors (Lipinski definition) is 4. The molecule has 1 heterocycles. The van der Waals surface area contributed by atoms with Crippen molar-refractivity contribution in [2.45, 2.75) is 33.1 Å². The third-order valence-corrected chi connectivity index (χ3v) is 4.06. The molecule has 23 heavy (non-hydrogen) atoms. The summed E-state index contributed by atoms with van der Waals surface area (Å²) in [7, 11) is 1.76. The lowest BCUT2D eigenvalue weighted by Gasteiger charge is -2.27. The van der Waals surface area contributed by atoms with Crippen molar-refractivity contribution < 1.29 is 14.6 Å². The first-order chi connectivity index (χ1) is 10.6. The average Bonchev–Trinajstić information content (AvgIpc) is 2.94. The Morgan fingerprint density at radius 2 is 2.13 bits per heavy atom. The summed E-state index contributed by atoms with van der Waals surface area (Å²) in [6.45, 7) is 9.06. The maximum absolute atomic E-state index is 9.23. The van der Waals surface area contributed by atoms with Crippen LogP contribution in [0.5, 0.6) is 0 Å². The predicted molar refractivity (Wildman–Crippen MR) is 105 cm³/mol. The normalized spacial score (nSPS) is 21.3. The molecule has 0 radical (unpaired) electrons. The second kappa shape index (κ2) is 13.2. The van der Waals surface area contributed by atoms with Gasteiger partial charge in [0.1, 0.15) is 0 Å². The Bertz CT molecular complexity index is 322. The molecule has 3 N–H and O–H groups in total. The van der Waals surface area contributed by atoms with Crippen LogP contribution in [0.1, 0.15) is 33.1 Å². The second-order valence-electron chi connectivity index (χ2n) is 6.42. The molecule has 1 atom stereocenters. The summed E-state index contributed by atoms with van der Waals surface area (Å²) in [6.07, 6.45) is 2.84. The zero-order valence-corrected chi connectivity index (χ0v) is 17.1. The summed E-state index contributed by atoms with van der Waals surface area (Å²) >= 11 is 0. The largest absolute Gasteiger partial charge is 0.396 e. The minimum Gasteiger partial charge on any atom is -0.396 e. The van der Waals surface area contributed by atoms with Gasteiger partial charge in [0.2, 0.25) is 0 Å². The highest BCUT2D eigenvalue weighted by molar-refractivity contribution is 14.0. The van der Waals surface area contributed by atoms with Gasteiger partial charge in [0.15, 0.2) is 5.96 Å². The van der Waals surface area contributed by atoms with E-state index in [-0.39, 0.29) is 36.0 Å². The standard InChI is InChI=1S/C16H33N3O3.HI/c1-14(2)4-9-21-11-7-18-15(17-3)19-12-16(5-8-20)6-10-22-13-16;/h14,20H,4-13H2,1-3H3,(H2,17,18,19);1H. The topological polar surface area (TPSA) is 75.1 Å². The quantitative estimate of drug-likeness (QED) is 0.207. The van der Waals surface area contributed by atoms with Crippen LogP contribution in [-0.4, -0.2) is 64.2 Å². The number of rotatable bonds is 10. The summed E-state index contributed by atoms with van der Waals surface area (Å²) in [5.41, 5.74) is 0.0279. The molecule has 1 unspecified atom stereocenters. The van der Waals surface area contributed by atoms with Crippen LogP contribution < -0.4 is 10.6 Å². The van der Waals surface area contributed by atoms with E-state index in [9.17, 15) is 5.11 Å². The van der Waals surface area contributed by atoms with Crippen LogP contribution in [0.4, 0.5) is 0 Å². The molecule has 0 saturated carbocycles. The molecule has 0 aliphatic carbocycles. The van der Waals surface area contributed by atoms with Gasteiger partial charge in [0, 0.05) is 45.4 Å². The summed E-state index contributed by atoms with van der Waals surface area (Å²) in [4.78, 5) is 4.22. The van der Waals surface area contributed by atoms with Gasteiger partial charge in [0.25, 0.3) is 0 Å². The molecule has 0 amide bonds. The first-order valence-electron chi connectivity index (χ1n) is 8.33. The maximum Gasteiger partial charge on any atom is 0.191 e. The van der Waals surface area contributed by atoms with Crippen molar-refractivity contribution in [2.75, 3.05) is 53.2 Å². The SMILES string of the molecule is CN=C(NCCOCCC(C)C)NCC1(CCO)CCOC1.I. The summed E-state index contributed by atoms with van der Waals surface area (Å²) < 4.78 is 11.1. The zero-order chi connectivity index (χ0) is 16.3. The predicted octanol–water partition coefficient (Wildman–Crippen LogP) is 1.62. The fraction of sp³-hybridized carbons (Fsp3) is 0.938. The highest BCUT2D eigenvalue weighted by Crippen LogP contribution is 2.31. The number of nitrogens with zero attached hydrogens (tertiary/aromatic N) is 1. The number of aliphatic imine (C=N–C) groups is 1. The van der Waals surface area contributed by atoms with E-state index in [1.165, 1.54) is 0 Å². The smallest absolute Gasteiger partial charge is 0.191 e. The van der Waals surface area contributed by atoms with Gasteiger partial charge in [-0.1, -0.05) is 13.8 Å². The lowest BCUT2D eigenvalue weighted by atomic mass is 9.84. The van der Waals surface area contributed by atoms with E-state index in [1.807, 2.05) is 0 Å². The summed E-state index contributed by atoms with van der Waals surface area (Å²) in [5.74, 6) is 1.45. The van der Waals surface area contributed by atoms with Crippen LogP contribution in [0.2, 0.25) is 0 Å². The lowest BCUT2D eigenvalue weighted by Crippen LogP contribution is -2.45. The lowest BCUT2D eigenvalue weighted by molar-refractivity contribution is 0.125. The van der Waals surface area contributed by atoms with Crippen molar-refractivity contribution in [2.24, 2.45) is 16.3 Å². The van der Waals surface area contributed by atoms with E-state index >= 15 is 0 Å². The van der Waals surface area contributed by atoms with Crippen LogP contribution in [-0.2, 0) is 9.47 Å². The van der Waals surface area contributed by atoms with Crippen molar-refractivity contribution in [3.8, 4) is 0 Å². The highest BCUT2D eigenvalue weighted by Gasteiger charge is 2.34. The van der Waals surface area contributed by atoms with Crippen LogP contribution in [0.3, 0.4) is 0 Å². The van der Waals surface area contributed by atoms with Gasteiger partial charge < -0.3 is 25.2 Å². The Morgan fingerprint density at radius 1 is 1.35 bits per heavy atom. The van der Waals surface area contributed by atoms with E-state index in [0.29, 0.717) is 19.1 Å². The van der Waals surface area contributed by atoms with Crippen LogP contribution in [0.25, 0.3) is 0 Å². The monoisotopic (exact) mass is 443 g/mol. The second-order valence-corrected chi connectivity index (χ2v) is 6.42. The van der Waals surface area contributed by atoms with Gasteiger partial charge in [0.05, 0.1) is 13.2 Å². The van der Waals surface area contributed by atoms with Gasteiger partial charge in [-0.05, 0) is 25.2 Å². The van der Waals surface area contributed by atoms with E-state index in [2.05, 4.69) is 29.5 Å². The van der Waals surface area contributed by atoms with E-state index in [4.69, 9.17) is 9.47 Å². The molecule has 1 saturated heterocycles. The van der Waals surface area contributed by atoms with Gasteiger partial charge in [-0.15, -0.1) is 24.0 Å². The molecule has 7 heteroatoms. The van der Waals surface area contributed by atoms with Crippen molar-refractivity contribution in [3.05, 3.63) is 0 Å². The van der Waals surface area contributed by atoms with Crippen LogP contribution in [0.15, 0.2) is 4.99 Å². The zero-order valence-electron chi connectivity index (χ0n) is 14.8. The van der Waals surface area contributed by atoms with E-state index in [0.717, 1.165) is 51.5 Å². The Morgan fingerprint density at radius 3 is 2.70 bits per heavy atom. The fourth-order valence-electron chi connectivity index (χ4n) is 2.47. The first kappa shape index (κ1) is 22.9. The molecule has 1 fully saturated rings. The van der Waals surface area contributed by atoms with Gasteiger partial charge in [-0.25, -0.2) is 0 Å². The van der Waals surface area contributed by atoms with Crippen LogP contribution in [0, 0.1) is 11.3 Å². The molecular formula is C16H34IN3O3. The fourth-order valence-corrected chi connectivity index (χ4v) is 2.47. The molecule has 1 rings (SSSR count). The molecule has 6 nitrogen and oxygen atoms in total. The van der Waals surface area contributed by atoms with Crippen molar-refractivity contribution >= 4 is 29.9 Å². The van der Waals surface area contributed by atoms with Crippen molar-refractivity contribution in [3.63, 3.8) is 0 Å². The number of aliphatic hydroxyl groups is 1. The Hall–Kier alpha value is -0.120. The Labute approximate surface area is 157 Å². The van der Waals surface area contributed by atoms with Crippen molar-refractivity contribution in [1.82, 2.24) is 10.6 Å². The van der Waals surface area contributed by atoms with Crippen molar-refractivity contribution in [1.29, 1.82) is 0 Å². The Kier molecular flexibility index (Phi) is 13.1. The highest BCUT2D eigenvalue weighted by atomic mass is 127. The minimum atomic E-state index is 0. The number of nitrogens with one attached hydrogen (secondary N) is 2. The number of aliphatic hydroxyl groups excluding tert-OH is 1.